The largest absolute Gasteiger partial charge is 0.481 e. The van der Waals surface area contributed by atoms with Gasteiger partial charge in [-0.15, -0.1) is 0 Å². The maximum atomic E-state index is 9.37. The van der Waals surface area contributed by atoms with Gasteiger partial charge in [0, 0.05) is 25.7 Å². The van der Waals surface area contributed by atoms with Crippen molar-refractivity contribution in [1.29, 1.82) is 0 Å². The first-order valence-corrected chi connectivity index (χ1v) is 9.24. The van der Waals surface area contributed by atoms with Gasteiger partial charge in [-0.3, -0.25) is 19.2 Å². The van der Waals surface area contributed by atoms with Crippen molar-refractivity contribution in [3.8, 4) is 0 Å². The average Bonchev–Trinajstić information content (AvgIpc) is 2.63. The highest BCUT2D eigenvalue weighted by Gasteiger charge is 1.90. The lowest BCUT2D eigenvalue weighted by Gasteiger charge is -2.01. The fourth-order valence-corrected chi connectivity index (χ4v) is 0.630. The first kappa shape index (κ1) is 36.7. The minimum atomic E-state index is -0.745. The number of hydrogen-bond donors (Lipinski definition) is 6. The monoisotopic (exact) mass is 412 g/mol. The molecule has 0 fully saturated rings. The molecule has 8 N–H and O–H groups in total. The zero-order valence-corrected chi connectivity index (χ0v) is 17.8. The van der Waals surface area contributed by atoms with E-state index in [2.05, 4.69) is 6.92 Å². The van der Waals surface area contributed by atoms with Crippen LogP contribution in [0.15, 0.2) is 0 Å². The molecule has 0 unspecified atom stereocenters. The first-order valence-electron chi connectivity index (χ1n) is 9.24. The molecular formula is C18H40N2O8. The Balaban J connectivity index is -0.0000000802. The van der Waals surface area contributed by atoms with E-state index >= 15 is 0 Å². The molecule has 0 spiro atoms. The van der Waals surface area contributed by atoms with E-state index < -0.39 is 23.9 Å². The lowest BCUT2D eigenvalue weighted by molar-refractivity contribution is -0.137. The molecule has 0 radical (unpaired) electrons. The zero-order valence-electron chi connectivity index (χ0n) is 17.8. The van der Waals surface area contributed by atoms with E-state index in [1.165, 1.54) is 19.3 Å². The van der Waals surface area contributed by atoms with Crippen LogP contribution in [0.1, 0.15) is 86.0 Å². The molecule has 10 heteroatoms. The fourth-order valence-electron chi connectivity index (χ4n) is 0.630. The molecule has 0 atom stereocenters. The summed E-state index contributed by atoms with van der Waals surface area (Å²) in [5, 5.41) is 30.9. The molecule has 0 aliphatic rings. The molecule has 0 heterocycles. The Kier molecular flexibility index (Phi) is 42.5. The van der Waals surface area contributed by atoms with Crippen LogP contribution in [0.2, 0.25) is 0 Å². The lowest BCUT2D eigenvalue weighted by Crippen LogP contribution is -2.29. The third-order valence-corrected chi connectivity index (χ3v) is 2.35. The fraction of sp³-hybridized carbons (Fsp3) is 0.778. The van der Waals surface area contributed by atoms with Crippen LogP contribution in [-0.4, -0.2) is 50.5 Å². The van der Waals surface area contributed by atoms with E-state index in [0.717, 1.165) is 6.42 Å². The van der Waals surface area contributed by atoms with Gasteiger partial charge in [-0.1, -0.05) is 53.9 Å². The maximum Gasteiger partial charge on any atom is 0.303 e. The summed E-state index contributed by atoms with van der Waals surface area (Å²) < 4.78 is 0. The molecule has 0 saturated heterocycles. The molecule has 28 heavy (non-hydrogen) atoms. The van der Waals surface area contributed by atoms with Crippen molar-refractivity contribution in [3.63, 3.8) is 0 Å². The summed E-state index contributed by atoms with van der Waals surface area (Å²) in [6, 6.07) is 0. The molecule has 10 nitrogen and oxygen atoms in total. The smallest absolute Gasteiger partial charge is 0.303 e. The number of carboxylic acid groups (broad SMARTS) is 4. The Morgan fingerprint density at radius 3 is 0.929 bits per heavy atom. The van der Waals surface area contributed by atoms with Crippen molar-refractivity contribution in [2.45, 2.75) is 92.2 Å². The van der Waals surface area contributed by atoms with Gasteiger partial charge in [0.05, 0.1) is 6.17 Å². The number of hydrogen-bond acceptors (Lipinski definition) is 6. The summed E-state index contributed by atoms with van der Waals surface area (Å²) in [5.74, 6) is -2.98. The highest BCUT2D eigenvalue weighted by atomic mass is 16.4. The van der Waals surface area contributed by atoms with Crippen LogP contribution in [0, 0.1) is 0 Å². The van der Waals surface area contributed by atoms with Gasteiger partial charge in [-0.25, -0.2) is 0 Å². The van der Waals surface area contributed by atoms with Gasteiger partial charge in [-0.2, -0.15) is 0 Å². The number of rotatable bonds is 8. The molecule has 0 aromatic rings. The number of carboxylic acids is 4. The number of aliphatic carboxylic acids is 4. The Morgan fingerprint density at radius 1 is 0.607 bits per heavy atom. The number of carbonyl (C=O) groups is 4. The average molecular weight is 413 g/mol. The van der Waals surface area contributed by atoms with E-state index in [1.54, 1.807) is 27.7 Å². The molecule has 0 amide bonds. The summed E-state index contributed by atoms with van der Waals surface area (Å²) in [5.41, 5.74) is 10.6. The van der Waals surface area contributed by atoms with E-state index in [-0.39, 0.29) is 31.8 Å². The molecule has 0 aliphatic heterocycles. The van der Waals surface area contributed by atoms with Crippen molar-refractivity contribution >= 4 is 23.9 Å². The van der Waals surface area contributed by atoms with Crippen LogP contribution >= 0.6 is 0 Å². The Labute approximate surface area is 167 Å². The van der Waals surface area contributed by atoms with E-state index in [9.17, 15) is 19.2 Å². The van der Waals surface area contributed by atoms with Crippen LogP contribution in [0.5, 0.6) is 0 Å². The molecule has 170 valence electrons. The highest BCUT2D eigenvalue weighted by Crippen LogP contribution is 1.97. The quantitative estimate of drug-likeness (QED) is 0.254. The summed E-state index contributed by atoms with van der Waals surface area (Å²) in [7, 11) is 0. The van der Waals surface area contributed by atoms with E-state index in [4.69, 9.17) is 31.9 Å². The van der Waals surface area contributed by atoms with Gasteiger partial charge in [0.15, 0.2) is 0 Å². The van der Waals surface area contributed by atoms with Crippen molar-refractivity contribution in [2.24, 2.45) is 11.5 Å². The predicted molar refractivity (Wildman–Crippen MR) is 108 cm³/mol. The van der Waals surface area contributed by atoms with E-state index in [1.807, 2.05) is 0 Å². The van der Waals surface area contributed by atoms with Crippen molar-refractivity contribution in [3.05, 3.63) is 0 Å². The van der Waals surface area contributed by atoms with Crippen LogP contribution in [0.25, 0.3) is 0 Å². The van der Waals surface area contributed by atoms with Crippen LogP contribution in [-0.2, 0) is 19.2 Å². The van der Waals surface area contributed by atoms with Crippen molar-refractivity contribution in [1.82, 2.24) is 0 Å². The normalized spacial score (nSPS) is 8.29. The molecule has 0 bridgehead atoms. The van der Waals surface area contributed by atoms with Crippen molar-refractivity contribution < 1.29 is 39.6 Å². The Bertz CT molecular complexity index is 319. The van der Waals surface area contributed by atoms with Crippen LogP contribution in [0.4, 0.5) is 0 Å². The zero-order chi connectivity index (χ0) is 23.5. The topological polar surface area (TPSA) is 201 Å². The second kappa shape index (κ2) is 32.5. The standard InChI is InChI=1S/C6H16N2.4C3H6O2/c1-2-3-4-5-6(7)8;4*1-2-3(4)5/h6H,2-5,7-8H2,1H3;4*2H2,1H3,(H,4,5). The van der Waals surface area contributed by atoms with E-state index in [0.29, 0.717) is 0 Å². The van der Waals surface area contributed by atoms with Gasteiger partial charge >= 0.3 is 23.9 Å². The maximum absolute atomic E-state index is 9.37. The predicted octanol–water partition coefficient (Wildman–Crippen LogP) is 2.73. The molecule has 0 aromatic carbocycles. The Hall–Kier alpha value is -2.20. The van der Waals surface area contributed by atoms with Gasteiger partial charge in [-0.05, 0) is 6.42 Å². The summed E-state index contributed by atoms with van der Waals surface area (Å²) in [6.45, 7) is 8.57. The second-order valence-corrected chi connectivity index (χ2v) is 5.15. The lowest BCUT2D eigenvalue weighted by atomic mass is 10.2. The third-order valence-electron chi connectivity index (χ3n) is 2.35. The minimum absolute atomic E-state index is 0.0958. The summed E-state index contributed by atoms with van der Waals surface area (Å²) >= 11 is 0. The molecular weight excluding hydrogens is 372 g/mol. The summed E-state index contributed by atoms with van der Waals surface area (Å²) in [6.07, 6.45) is 5.43. The number of unbranched alkanes of at least 4 members (excludes halogenated alkanes) is 2. The van der Waals surface area contributed by atoms with Crippen molar-refractivity contribution in [2.75, 3.05) is 0 Å². The third kappa shape index (κ3) is 106. The molecule has 0 rings (SSSR count). The van der Waals surface area contributed by atoms with Gasteiger partial charge in [0.25, 0.3) is 0 Å². The van der Waals surface area contributed by atoms with Crippen LogP contribution in [0.3, 0.4) is 0 Å². The minimum Gasteiger partial charge on any atom is -0.481 e. The van der Waals surface area contributed by atoms with Gasteiger partial charge < -0.3 is 31.9 Å². The second-order valence-electron chi connectivity index (χ2n) is 5.15. The van der Waals surface area contributed by atoms with Gasteiger partial charge in [0.2, 0.25) is 0 Å². The molecule has 0 saturated carbocycles. The first-order chi connectivity index (χ1) is 12.9. The summed E-state index contributed by atoms with van der Waals surface area (Å²) in [4.78, 5) is 37.5. The van der Waals surface area contributed by atoms with Gasteiger partial charge in [0.1, 0.15) is 0 Å². The molecule has 0 aliphatic carbocycles. The van der Waals surface area contributed by atoms with Crippen LogP contribution < -0.4 is 11.5 Å². The Morgan fingerprint density at radius 2 is 0.821 bits per heavy atom. The molecule has 0 aromatic heterocycles. The highest BCUT2D eigenvalue weighted by molar-refractivity contribution is 5.66. The number of nitrogens with two attached hydrogens (primary N) is 2. The SMILES string of the molecule is CCC(=O)O.CCC(=O)O.CCC(=O)O.CCC(=O)O.CCCCCC(N)N.